The highest BCUT2D eigenvalue weighted by molar-refractivity contribution is 7.97. The monoisotopic (exact) mass is 325 g/mol. The fraction of sp³-hybridized carbons (Fsp3) is 0.118. The largest absolute Gasteiger partial charge is 0.321 e. The van der Waals surface area contributed by atoms with Gasteiger partial charge in [-0.1, -0.05) is 30.3 Å². The number of benzene rings is 2. The minimum atomic E-state index is -0.395. The summed E-state index contributed by atoms with van der Waals surface area (Å²) in [5.41, 5.74) is 0.459. The number of thioether (sulfide) groups is 1. The number of carbonyl (C=O) groups excluding carboxylic acids is 1. The lowest BCUT2D eigenvalue weighted by atomic mass is 10.1. The second kappa shape index (κ2) is 6.66. The highest BCUT2D eigenvalue weighted by atomic mass is 32.2. The molecule has 0 aliphatic rings. The van der Waals surface area contributed by atoms with E-state index in [2.05, 4.69) is 15.3 Å². The molecule has 3 aromatic rings. The lowest BCUT2D eigenvalue weighted by Gasteiger charge is -2.07. The van der Waals surface area contributed by atoms with Crippen molar-refractivity contribution < 1.29 is 4.79 Å². The first-order chi connectivity index (χ1) is 11.2. The SMILES string of the molecule is CSCc1nc(C(=O)Nc2ccc3ccccc3c2)cc(=O)[nH]1. The molecule has 1 aromatic heterocycles. The molecule has 0 saturated carbocycles. The van der Waals surface area contributed by atoms with E-state index in [9.17, 15) is 9.59 Å². The molecule has 0 fully saturated rings. The molecule has 5 nitrogen and oxygen atoms in total. The molecule has 1 amide bonds. The molecular formula is C17H15N3O2S. The third-order valence-electron chi connectivity index (χ3n) is 3.31. The Bertz CT molecular complexity index is 921. The van der Waals surface area contributed by atoms with Gasteiger partial charge in [-0.25, -0.2) is 4.98 Å². The Morgan fingerprint density at radius 1 is 1.17 bits per heavy atom. The maximum atomic E-state index is 12.3. The molecule has 0 spiro atoms. The van der Waals surface area contributed by atoms with Crippen molar-refractivity contribution in [3.8, 4) is 0 Å². The van der Waals surface area contributed by atoms with Crippen LogP contribution in [-0.2, 0) is 5.75 Å². The van der Waals surface area contributed by atoms with E-state index in [4.69, 9.17) is 0 Å². The third-order valence-corrected chi connectivity index (χ3v) is 3.87. The quantitative estimate of drug-likeness (QED) is 0.773. The van der Waals surface area contributed by atoms with Gasteiger partial charge >= 0.3 is 0 Å². The average molecular weight is 325 g/mol. The zero-order chi connectivity index (χ0) is 16.2. The zero-order valence-electron chi connectivity index (χ0n) is 12.5. The molecule has 0 saturated heterocycles. The third kappa shape index (κ3) is 3.60. The topological polar surface area (TPSA) is 74.8 Å². The number of aromatic amines is 1. The van der Waals surface area contributed by atoms with Gasteiger partial charge in [-0.2, -0.15) is 11.8 Å². The molecule has 2 aromatic carbocycles. The van der Waals surface area contributed by atoms with Crippen molar-refractivity contribution in [2.75, 3.05) is 11.6 Å². The Morgan fingerprint density at radius 2 is 1.96 bits per heavy atom. The molecule has 116 valence electrons. The summed E-state index contributed by atoms with van der Waals surface area (Å²) in [6.07, 6.45) is 1.90. The number of amides is 1. The van der Waals surface area contributed by atoms with Crippen molar-refractivity contribution in [2.24, 2.45) is 0 Å². The van der Waals surface area contributed by atoms with Crippen molar-refractivity contribution in [3.63, 3.8) is 0 Å². The van der Waals surface area contributed by atoms with Gasteiger partial charge in [0.2, 0.25) is 0 Å². The number of nitrogens with one attached hydrogen (secondary N) is 2. The molecule has 0 atom stereocenters. The standard InChI is InChI=1S/C17H15N3O2S/c1-23-10-15-19-14(9-16(21)20-15)17(22)18-13-7-6-11-4-2-3-5-12(11)8-13/h2-9H,10H2,1H3,(H,18,22)(H,19,20,21). The normalized spacial score (nSPS) is 10.7. The smallest absolute Gasteiger partial charge is 0.274 e. The van der Waals surface area contributed by atoms with Crippen LogP contribution in [0.4, 0.5) is 5.69 Å². The van der Waals surface area contributed by atoms with Gasteiger partial charge in [-0.05, 0) is 29.2 Å². The van der Waals surface area contributed by atoms with Gasteiger partial charge < -0.3 is 10.3 Å². The predicted molar refractivity (Wildman–Crippen MR) is 94.0 cm³/mol. The number of rotatable bonds is 4. The molecule has 0 unspecified atom stereocenters. The van der Waals surface area contributed by atoms with Crippen LogP contribution in [0.15, 0.2) is 53.3 Å². The van der Waals surface area contributed by atoms with Crippen LogP contribution >= 0.6 is 11.8 Å². The second-order valence-corrected chi connectivity index (χ2v) is 5.89. The Kier molecular flexibility index (Phi) is 4.43. The van der Waals surface area contributed by atoms with Gasteiger partial charge in [-0.15, -0.1) is 0 Å². The average Bonchev–Trinajstić information content (AvgIpc) is 2.54. The molecule has 1 heterocycles. The van der Waals surface area contributed by atoms with Crippen LogP contribution < -0.4 is 10.9 Å². The molecule has 0 radical (unpaired) electrons. The van der Waals surface area contributed by atoms with E-state index < -0.39 is 5.91 Å². The summed E-state index contributed by atoms with van der Waals surface area (Å²) in [5, 5.41) is 4.92. The molecule has 3 rings (SSSR count). The van der Waals surface area contributed by atoms with E-state index in [1.165, 1.54) is 17.8 Å². The summed E-state index contributed by atoms with van der Waals surface area (Å²) in [6.45, 7) is 0. The Hall–Kier alpha value is -2.60. The first-order valence-corrected chi connectivity index (χ1v) is 8.44. The highest BCUT2D eigenvalue weighted by Crippen LogP contribution is 2.19. The van der Waals surface area contributed by atoms with Gasteiger partial charge in [0.05, 0.1) is 5.75 Å². The molecule has 0 bridgehead atoms. The van der Waals surface area contributed by atoms with Crippen LogP contribution in [0.5, 0.6) is 0 Å². The number of fused-ring (bicyclic) bond motifs is 1. The van der Waals surface area contributed by atoms with Crippen LogP contribution in [0, 0.1) is 0 Å². The van der Waals surface area contributed by atoms with E-state index in [0.29, 0.717) is 17.3 Å². The number of hydrogen-bond donors (Lipinski definition) is 2. The van der Waals surface area contributed by atoms with Crippen LogP contribution in [0.2, 0.25) is 0 Å². The summed E-state index contributed by atoms with van der Waals surface area (Å²) >= 11 is 1.52. The van der Waals surface area contributed by atoms with Gasteiger partial charge in [0, 0.05) is 11.8 Å². The minimum absolute atomic E-state index is 0.117. The Morgan fingerprint density at radius 3 is 2.74 bits per heavy atom. The van der Waals surface area contributed by atoms with Crippen molar-refractivity contribution in [1.29, 1.82) is 0 Å². The van der Waals surface area contributed by atoms with Gasteiger partial charge in [0.25, 0.3) is 11.5 Å². The number of carbonyl (C=O) groups is 1. The lowest BCUT2D eigenvalue weighted by molar-refractivity contribution is 0.102. The first kappa shape index (κ1) is 15.3. The Balaban J connectivity index is 1.86. The first-order valence-electron chi connectivity index (χ1n) is 7.05. The number of H-pyrrole nitrogens is 1. The lowest BCUT2D eigenvalue weighted by Crippen LogP contribution is -2.20. The van der Waals surface area contributed by atoms with Gasteiger partial charge in [0.15, 0.2) is 0 Å². The summed E-state index contributed by atoms with van der Waals surface area (Å²) in [6, 6.07) is 14.8. The van der Waals surface area contributed by atoms with E-state index in [1.807, 2.05) is 48.7 Å². The fourth-order valence-electron chi connectivity index (χ4n) is 2.29. The molecule has 0 aliphatic heterocycles. The summed E-state index contributed by atoms with van der Waals surface area (Å²) in [4.78, 5) is 30.8. The molecule has 0 aliphatic carbocycles. The van der Waals surface area contributed by atoms with E-state index in [0.717, 1.165) is 10.8 Å². The second-order valence-electron chi connectivity index (χ2n) is 5.03. The number of aromatic nitrogens is 2. The molecule has 2 N–H and O–H groups in total. The van der Waals surface area contributed by atoms with Gasteiger partial charge in [0.1, 0.15) is 11.5 Å². The van der Waals surface area contributed by atoms with Crippen LogP contribution in [0.3, 0.4) is 0 Å². The summed E-state index contributed by atoms with van der Waals surface area (Å²) in [5.74, 6) is 0.647. The summed E-state index contributed by atoms with van der Waals surface area (Å²) in [7, 11) is 0. The highest BCUT2D eigenvalue weighted by Gasteiger charge is 2.11. The van der Waals surface area contributed by atoms with Crippen LogP contribution in [0.1, 0.15) is 16.3 Å². The summed E-state index contributed by atoms with van der Waals surface area (Å²) < 4.78 is 0. The van der Waals surface area contributed by atoms with E-state index >= 15 is 0 Å². The number of hydrogen-bond acceptors (Lipinski definition) is 4. The van der Waals surface area contributed by atoms with Crippen molar-refractivity contribution in [1.82, 2.24) is 9.97 Å². The van der Waals surface area contributed by atoms with Crippen molar-refractivity contribution in [3.05, 3.63) is 70.4 Å². The Labute approximate surface area is 137 Å². The maximum Gasteiger partial charge on any atom is 0.274 e. The van der Waals surface area contributed by atoms with E-state index in [1.54, 1.807) is 0 Å². The van der Waals surface area contributed by atoms with E-state index in [-0.39, 0.29) is 11.3 Å². The maximum absolute atomic E-state index is 12.3. The van der Waals surface area contributed by atoms with Crippen LogP contribution in [0.25, 0.3) is 10.8 Å². The predicted octanol–water partition coefficient (Wildman–Crippen LogP) is 3.04. The number of nitrogens with zero attached hydrogens (tertiary/aromatic N) is 1. The molecule has 6 heteroatoms. The van der Waals surface area contributed by atoms with Crippen molar-refractivity contribution >= 4 is 34.1 Å². The van der Waals surface area contributed by atoms with Crippen LogP contribution in [-0.4, -0.2) is 22.1 Å². The van der Waals surface area contributed by atoms with Gasteiger partial charge in [-0.3, -0.25) is 9.59 Å². The molecule has 23 heavy (non-hydrogen) atoms. The fourth-order valence-corrected chi connectivity index (χ4v) is 2.70. The minimum Gasteiger partial charge on any atom is -0.321 e. The van der Waals surface area contributed by atoms with Crippen molar-refractivity contribution in [2.45, 2.75) is 5.75 Å². The molecular weight excluding hydrogens is 310 g/mol. The zero-order valence-corrected chi connectivity index (χ0v) is 13.3. The number of anilines is 1.